The van der Waals surface area contributed by atoms with Crippen molar-refractivity contribution in [3.63, 3.8) is 0 Å². The Morgan fingerprint density at radius 1 is 0.660 bits per heavy atom. The molecule has 0 atom stereocenters. The van der Waals surface area contributed by atoms with Crippen LogP contribution in [-0.2, 0) is 26.5 Å². The van der Waals surface area contributed by atoms with Crippen molar-refractivity contribution in [1.82, 2.24) is 9.97 Å². The van der Waals surface area contributed by atoms with Gasteiger partial charge in [0.25, 0.3) is 0 Å². The standard InChI is InChI=1S/C33H26NO.C15H18NSi.Ir/c1-22(2)19-23-17-18-34-31(20-23)30-10-6-9-29-28-16-15-27(21-32(28)35-33(29)30)26-13-11-25(12-14-26)24-7-4-3-5-8-24;1-12-6-5-7-13(10-12)15-9-8-14(11-16-15)17(2,3)4;/h3-9,11-18,20-22H,19H2,1-2H3;5-6,8-11H,1-4H3;/q2*-1;. The molecule has 3 nitrogen and oxygen atoms in total. The maximum Gasteiger partial charge on any atom is 0.121 e. The quantitative estimate of drug-likeness (QED) is 0.118. The molecule has 0 saturated heterocycles. The van der Waals surface area contributed by atoms with Crippen LogP contribution in [0, 0.1) is 25.0 Å². The van der Waals surface area contributed by atoms with Crippen molar-refractivity contribution in [2.24, 2.45) is 5.92 Å². The molecule has 8 aromatic rings. The van der Waals surface area contributed by atoms with E-state index in [4.69, 9.17) is 4.42 Å². The van der Waals surface area contributed by atoms with Crippen molar-refractivity contribution in [2.45, 2.75) is 46.8 Å². The summed E-state index contributed by atoms with van der Waals surface area (Å²) in [6, 6.07) is 51.0. The Hall–Kier alpha value is -4.93. The fourth-order valence-electron chi connectivity index (χ4n) is 6.53. The van der Waals surface area contributed by atoms with Gasteiger partial charge in [-0.1, -0.05) is 142 Å². The van der Waals surface area contributed by atoms with Gasteiger partial charge in [0, 0.05) is 37.9 Å². The number of rotatable bonds is 7. The van der Waals surface area contributed by atoms with Gasteiger partial charge in [0.2, 0.25) is 0 Å². The molecule has 0 N–H and O–H groups in total. The predicted octanol–water partition coefficient (Wildman–Crippen LogP) is 12.4. The van der Waals surface area contributed by atoms with E-state index in [1.165, 1.54) is 33.0 Å². The summed E-state index contributed by atoms with van der Waals surface area (Å²) in [5, 5.41) is 3.60. The van der Waals surface area contributed by atoms with Crippen LogP contribution in [0.4, 0.5) is 0 Å². The maximum absolute atomic E-state index is 6.44. The normalized spacial score (nSPS) is 11.3. The molecule has 5 heteroatoms. The molecule has 0 aliphatic carbocycles. The molecule has 53 heavy (non-hydrogen) atoms. The van der Waals surface area contributed by atoms with Gasteiger partial charge in [0.15, 0.2) is 0 Å². The molecule has 0 aliphatic heterocycles. The van der Waals surface area contributed by atoms with Crippen molar-refractivity contribution >= 4 is 35.2 Å². The topological polar surface area (TPSA) is 38.9 Å². The number of nitrogens with zero attached hydrogens (tertiary/aromatic N) is 2. The van der Waals surface area contributed by atoms with Crippen molar-refractivity contribution in [3.05, 3.63) is 163 Å². The first-order valence-electron chi connectivity index (χ1n) is 18.1. The van der Waals surface area contributed by atoms with Crippen molar-refractivity contribution in [2.75, 3.05) is 0 Å². The Bertz CT molecular complexity index is 2440. The van der Waals surface area contributed by atoms with Crippen molar-refractivity contribution < 1.29 is 24.5 Å². The van der Waals surface area contributed by atoms with Crippen LogP contribution in [0.15, 0.2) is 144 Å². The Balaban J connectivity index is 0.000000226. The summed E-state index contributed by atoms with van der Waals surface area (Å²) >= 11 is 0. The molecule has 267 valence electrons. The Kier molecular flexibility index (Phi) is 11.7. The van der Waals surface area contributed by atoms with Gasteiger partial charge in [-0.15, -0.1) is 53.6 Å². The fraction of sp³-hybridized carbons (Fsp3) is 0.167. The summed E-state index contributed by atoms with van der Waals surface area (Å²) in [7, 11) is -1.24. The number of fused-ring (bicyclic) bond motifs is 3. The van der Waals surface area contributed by atoms with E-state index in [1.807, 2.05) is 30.6 Å². The van der Waals surface area contributed by atoms with Crippen LogP contribution in [-0.4, -0.2) is 18.0 Å². The van der Waals surface area contributed by atoms with Gasteiger partial charge in [-0.3, -0.25) is 0 Å². The molecule has 3 aromatic heterocycles. The van der Waals surface area contributed by atoms with E-state index in [0.717, 1.165) is 56.4 Å². The number of hydrogen-bond donors (Lipinski definition) is 0. The van der Waals surface area contributed by atoms with Crippen LogP contribution in [0.1, 0.15) is 25.0 Å². The van der Waals surface area contributed by atoms with Crippen molar-refractivity contribution in [1.29, 1.82) is 0 Å². The van der Waals surface area contributed by atoms with Crippen LogP contribution in [0.2, 0.25) is 19.6 Å². The van der Waals surface area contributed by atoms with Gasteiger partial charge in [0.05, 0.1) is 13.7 Å². The van der Waals surface area contributed by atoms with Crippen LogP contribution in [0.25, 0.3) is 66.7 Å². The van der Waals surface area contributed by atoms with E-state index in [1.54, 1.807) is 0 Å². The van der Waals surface area contributed by atoms with Crippen molar-refractivity contribution in [3.8, 4) is 44.8 Å². The van der Waals surface area contributed by atoms with Gasteiger partial charge in [-0.2, -0.15) is 0 Å². The van der Waals surface area contributed by atoms with Gasteiger partial charge in [0.1, 0.15) is 5.58 Å². The summed E-state index contributed by atoms with van der Waals surface area (Å²) in [5.41, 5.74) is 12.9. The minimum atomic E-state index is -1.24. The monoisotopic (exact) mass is 885 g/mol. The number of benzene rings is 5. The third kappa shape index (κ3) is 8.83. The van der Waals surface area contributed by atoms with Crippen LogP contribution in [0.5, 0.6) is 0 Å². The molecule has 0 saturated carbocycles. The molecule has 0 bridgehead atoms. The molecule has 5 aromatic carbocycles. The zero-order chi connectivity index (χ0) is 36.2. The molecular formula is C48H44IrN2OSi-2. The number of pyridine rings is 2. The molecule has 0 fully saturated rings. The van der Waals surface area contributed by atoms with Crippen LogP contribution >= 0.6 is 0 Å². The molecule has 0 spiro atoms. The summed E-state index contributed by atoms with van der Waals surface area (Å²) < 4.78 is 6.44. The summed E-state index contributed by atoms with van der Waals surface area (Å²) in [6.45, 7) is 13.6. The molecule has 8 rings (SSSR count). The number of hydrogen-bond acceptors (Lipinski definition) is 3. The van der Waals surface area contributed by atoms with Gasteiger partial charge >= 0.3 is 0 Å². The van der Waals surface area contributed by atoms with E-state index in [0.29, 0.717) is 5.92 Å². The number of furan rings is 1. The molecule has 0 unspecified atom stereocenters. The average molecular weight is 885 g/mol. The molecule has 3 heterocycles. The zero-order valence-electron chi connectivity index (χ0n) is 31.2. The Morgan fingerprint density at radius 2 is 1.36 bits per heavy atom. The summed E-state index contributed by atoms with van der Waals surface area (Å²) in [5.74, 6) is 0.594. The largest absolute Gasteiger partial charge is 0.501 e. The minimum absolute atomic E-state index is 0. The Labute approximate surface area is 328 Å². The molecule has 0 amide bonds. The first-order valence-corrected chi connectivity index (χ1v) is 21.6. The SMILES string of the molecule is CC(C)Cc1ccnc(-c2[c-]ccc3c2oc2cc(-c4ccc(-c5ccccc5)cc4)ccc23)c1.Cc1cc[c-]c(-c2ccc([Si](C)(C)C)cn2)c1.[Ir]. The third-order valence-electron chi connectivity index (χ3n) is 9.35. The second-order valence-corrected chi connectivity index (χ2v) is 20.0. The maximum atomic E-state index is 6.44. The molecule has 0 aliphatic rings. The summed E-state index contributed by atoms with van der Waals surface area (Å²) in [4.78, 5) is 9.20. The number of aromatic nitrogens is 2. The smallest absolute Gasteiger partial charge is 0.121 e. The third-order valence-corrected chi connectivity index (χ3v) is 11.4. The summed E-state index contributed by atoms with van der Waals surface area (Å²) in [6.07, 6.45) is 4.94. The minimum Gasteiger partial charge on any atom is -0.501 e. The first kappa shape index (κ1) is 37.8. The average Bonchev–Trinajstić information content (AvgIpc) is 3.53. The molecular weight excluding hydrogens is 841 g/mol. The van der Waals surface area contributed by atoms with Gasteiger partial charge in [-0.05, 0) is 63.3 Å². The van der Waals surface area contributed by atoms with E-state index >= 15 is 0 Å². The van der Waals surface area contributed by atoms with E-state index in [-0.39, 0.29) is 20.1 Å². The van der Waals surface area contributed by atoms with E-state index in [2.05, 4.69) is 172 Å². The number of aryl methyl sites for hydroxylation is 1. The second-order valence-electron chi connectivity index (χ2n) is 15.0. The van der Waals surface area contributed by atoms with E-state index < -0.39 is 8.07 Å². The first-order chi connectivity index (χ1) is 25.1. The fourth-order valence-corrected chi connectivity index (χ4v) is 7.57. The molecule has 1 radical (unpaired) electrons. The van der Waals surface area contributed by atoms with Gasteiger partial charge < -0.3 is 14.4 Å². The van der Waals surface area contributed by atoms with Crippen LogP contribution in [0.3, 0.4) is 0 Å². The van der Waals surface area contributed by atoms with Gasteiger partial charge in [-0.25, -0.2) is 0 Å². The Morgan fingerprint density at radius 3 is 2.04 bits per heavy atom. The van der Waals surface area contributed by atoms with E-state index in [9.17, 15) is 0 Å². The zero-order valence-corrected chi connectivity index (χ0v) is 34.6. The predicted molar refractivity (Wildman–Crippen MR) is 221 cm³/mol. The van der Waals surface area contributed by atoms with Crippen LogP contribution < -0.4 is 5.19 Å². The second kappa shape index (κ2) is 16.4.